The van der Waals surface area contributed by atoms with E-state index in [1.165, 1.54) is 9.87 Å². The number of nitrogens with zero attached hydrogens (tertiary/aromatic N) is 1. The molecule has 0 fully saturated rings. The molecule has 0 saturated carbocycles. The molecule has 0 radical (unpaired) electrons. The minimum atomic E-state index is -3.52. The highest BCUT2D eigenvalue weighted by molar-refractivity contribution is 7.89. The number of hydrogen-bond acceptors (Lipinski definition) is 5. The molecule has 0 unspecified atom stereocenters. The molecule has 6 nitrogen and oxygen atoms in total. The third-order valence-electron chi connectivity index (χ3n) is 4.22. The Morgan fingerprint density at radius 2 is 1.70 bits per heavy atom. The molecule has 27 heavy (non-hydrogen) atoms. The Morgan fingerprint density at radius 1 is 1.04 bits per heavy atom. The molecule has 0 aliphatic heterocycles. The average molecular weight is 393 g/mol. The molecule has 2 aromatic rings. The highest BCUT2D eigenvalue weighted by Crippen LogP contribution is 2.28. The van der Waals surface area contributed by atoms with Gasteiger partial charge in [0.05, 0.1) is 17.7 Å². The molecule has 0 bridgehead atoms. The van der Waals surface area contributed by atoms with E-state index in [9.17, 15) is 8.42 Å². The topological polar surface area (TPSA) is 67.9 Å². The van der Waals surface area contributed by atoms with E-state index in [2.05, 4.69) is 5.32 Å². The maximum absolute atomic E-state index is 12.7. The summed E-state index contributed by atoms with van der Waals surface area (Å²) in [5.74, 6) is 1.39. The van der Waals surface area contributed by atoms with Crippen molar-refractivity contribution in [2.75, 3.05) is 38.7 Å². The van der Waals surface area contributed by atoms with Crippen LogP contribution in [0, 0.1) is 6.92 Å². The zero-order chi connectivity index (χ0) is 19.9. The molecule has 2 aromatic carbocycles. The Balaban J connectivity index is 2.07. The van der Waals surface area contributed by atoms with Crippen LogP contribution in [0.1, 0.15) is 19.4 Å². The van der Waals surface area contributed by atoms with E-state index in [1.54, 1.807) is 25.3 Å². The van der Waals surface area contributed by atoms with Crippen LogP contribution in [0.3, 0.4) is 0 Å². The van der Waals surface area contributed by atoms with Crippen molar-refractivity contribution in [3.05, 3.63) is 48.0 Å². The van der Waals surface area contributed by atoms with Crippen LogP contribution < -0.4 is 14.8 Å². The van der Waals surface area contributed by atoms with Crippen LogP contribution >= 0.6 is 0 Å². The summed E-state index contributed by atoms with van der Waals surface area (Å²) in [5.41, 5.74) is 1.80. The van der Waals surface area contributed by atoms with Gasteiger partial charge >= 0.3 is 0 Å². The fourth-order valence-corrected chi connectivity index (χ4v) is 4.17. The zero-order valence-electron chi connectivity index (χ0n) is 16.4. The lowest BCUT2D eigenvalue weighted by molar-refractivity contribution is 0.332. The summed E-state index contributed by atoms with van der Waals surface area (Å²) in [4.78, 5) is 0.244. The maximum atomic E-state index is 12.7. The zero-order valence-corrected chi connectivity index (χ0v) is 17.2. The molecule has 7 heteroatoms. The van der Waals surface area contributed by atoms with Crippen molar-refractivity contribution in [1.29, 1.82) is 0 Å². The van der Waals surface area contributed by atoms with Gasteiger partial charge in [-0.1, -0.05) is 31.5 Å². The van der Waals surface area contributed by atoms with E-state index in [0.29, 0.717) is 37.7 Å². The Bertz CT molecular complexity index is 832. The molecule has 1 N–H and O–H groups in total. The third-order valence-corrected chi connectivity index (χ3v) is 6.27. The van der Waals surface area contributed by atoms with Crippen LogP contribution in [0.15, 0.2) is 47.4 Å². The first-order valence-electron chi connectivity index (χ1n) is 9.03. The largest absolute Gasteiger partial charge is 0.495 e. The predicted octanol–water partition coefficient (Wildman–Crippen LogP) is 3.53. The molecule has 0 saturated heterocycles. The number of ether oxygens (including phenoxy) is 2. The number of nitrogens with one attached hydrogen (secondary N) is 1. The van der Waals surface area contributed by atoms with E-state index in [0.717, 1.165) is 5.75 Å². The van der Waals surface area contributed by atoms with E-state index in [1.807, 2.05) is 45.0 Å². The lowest BCUT2D eigenvalue weighted by Crippen LogP contribution is -2.30. The first kappa shape index (κ1) is 21.1. The summed E-state index contributed by atoms with van der Waals surface area (Å²) in [6.45, 7) is 7.49. The number of benzene rings is 2. The second kappa shape index (κ2) is 9.62. The second-order valence-corrected chi connectivity index (χ2v) is 7.98. The molecule has 0 atom stereocenters. The van der Waals surface area contributed by atoms with Gasteiger partial charge in [-0.3, -0.25) is 0 Å². The minimum absolute atomic E-state index is 0.244. The van der Waals surface area contributed by atoms with Gasteiger partial charge in [0.15, 0.2) is 0 Å². The average Bonchev–Trinajstić information content (AvgIpc) is 2.67. The van der Waals surface area contributed by atoms with Crippen LogP contribution in [-0.4, -0.2) is 46.1 Å². The molecular formula is C20H28N2O4S. The van der Waals surface area contributed by atoms with Gasteiger partial charge in [0.25, 0.3) is 0 Å². The van der Waals surface area contributed by atoms with E-state index >= 15 is 0 Å². The highest BCUT2D eigenvalue weighted by Gasteiger charge is 2.22. The quantitative estimate of drug-likeness (QED) is 0.627. The van der Waals surface area contributed by atoms with Crippen LogP contribution in [0.25, 0.3) is 0 Å². The number of anilines is 1. The van der Waals surface area contributed by atoms with Crippen LogP contribution in [0.5, 0.6) is 11.5 Å². The van der Waals surface area contributed by atoms with Crippen molar-refractivity contribution < 1.29 is 17.9 Å². The first-order chi connectivity index (χ1) is 12.9. The number of hydrogen-bond donors (Lipinski definition) is 1. The molecule has 148 valence electrons. The monoisotopic (exact) mass is 392 g/mol. The Morgan fingerprint density at radius 3 is 2.30 bits per heavy atom. The van der Waals surface area contributed by atoms with Crippen LogP contribution in [-0.2, 0) is 10.0 Å². The Hall–Kier alpha value is -2.25. The number of sulfonamides is 1. The van der Waals surface area contributed by atoms with Gasteiger partial charge in [0.1, 0.15) is 18.1 Å². The number of rotatable bonds is 10. The molecule has 0 heterocycles. The summed E-state index contributed by atoms with van der Waals surface area (Å²) >= 11 is 0. The first-order valence-corrected chi connectivity index (χ1v) is 10.5. The van der Waals surface area contributed by atoms with Crippen LogP contribution in [0.4, 0.5) is 5.69 Å². The third kappa shape index (κ3) is 5.37. The Kier molecular flexibility index (Phi) is 7.50. The normalized spacial score (nSPS) is 11.4. The van der Waals surface area contributed by atoms with Gasteiger partial charge in [-0.05, 0) is 37.3 Å². The fourth-order valence-electron chi connectivity index (χ4n) is 2.69. The summed E-state index contributed by atoms with van der Waals surface area (Å²) in [6.07, 6.45) is 0. The molecular weight excluding hydrogens is 364 g/mol. The van der Waals surface area contributed by atoms with Crippen molar-refractivity contribution >= 4 is 15.7 Å². The Labute approximate surface area is 162 Å². The SMILES string of the molecule is CCN(CC)S(=O)(=O)c1ccc(OC)c(NCCOc2ccc(C)cc2)c1. The van der Waals surface area contributed by atoms with E-state index < -0.39 is 10.0 Å². The van der Waals surface area contributed by atoms with Crippen molar-refractivity contribution in [2.45, 2.75) is 25.7 Å². The number of aryl methyl sites for hydroxylation is 1. The van der Waals surface area contributed by atoms with Crippen molar-refractivity contribution in [2.24, 2.45) is 0 Å². The minimum Gasteiger partial charge on any atom is -0.495 e. The lowest BCUT2D eigenvalue weighted by atomic mass is 10.2. The van der Waals surface area contributed by atoms with Gasteiger partial charge in [0.2, 0.25) is 10.0 Å². The van der Waals surface area contributed by atoms with Crippen molar-refractivity contribution in [1.82, 2.24) is 4.31 Å². The van der Waals surface area contributed by atoms with Gasteiger partial charge in [0, 0.05) is 19.6 Å². The molecule has 0 aliphatic carbocycles. The van der Waals surface area contributed by atoms with E-state index in [-0.39, 0.29) is 4.90 Å². The maximum Gasteiger partial charge on any atom is 0.243 e. The molecule has 0 aromatic heterocycles. The summed E-state index contributed by atoms with van der Waals surface area (Å²) < 4.78 is 37.9. The molecule has 0 spiro atoms. The lowest BCUT2D eigenvalue weighted by Gasteiger charge is -2.20. The fraction of sp³-hybridized carbons (Fsp3) is 0.400. The smallest absolute Gasteiger partial charge is 0.243 e. The van der Waals surface area contributed by atoms with Crippen molar-refractivity contribution in [3.8, 4) is 11.5 Å². The molecule has 0 aliphatic rings. The van der Waals surface area contributed by atoms with Gasteiger partial charge in [-0.25, -0.2) is 8.42 Å². The van der Waals surface area contributed by atoms with Crippen molar-refractivity contribution in [3.63, 3.8) is 0 Å². The summed E-state index contributed by atoms with van der Waals surface area (Å²) in [5, 5.41) is 3.20. The predicted molar refractivity (Wildman–Crippen MR) is 108 cm³/mol. The molecule has 2 rings (SSSR count). The second-order valence-electron chi connectivity index (χ2n) is 6.04. The summed E-state index contributed by atoms with van der Waals surface area (Å²) in [7, 11) is -1.96. The van der Waals surface area contributed by atoms with Gasteiger partial charge in [-0.15, -0.1) is 0 Å². The highest BCUT2D eigenvalue weighted by atomic mass is 32.2. The van der Waals surface area contributed by atoms with Crippen LogP contribution in [0.2, 0.25) is 0 Å². The van der Waals surface area contributed by atoms with Gasteiger partial charge in [-0.2, -0.15) is 4.31 Å². The summed E-state index contributed by atoms with van der Waals surface area (Å²) in [6, 6.07) is 12.7. The standard InChI is InChI=1S/C20H28N2O4S/c1-5-22(6-2)27(23,24)18-11-12-20(25-4)19(15-18)21-13-14-26-17-9-7-16(3)8-10-17/h7-12,15,21H,5-6,13-14H2,1-4H3. The van der Waals surface area contributed by atoms with Gasteiger partial charge < -0.3 is 14.8 Å². The molecule has 0 amide bonds. The van der Waals surface area contributed by atoms with E-state index in [4.69, 9.17) is 9.47 Å². The number of methoxy groups -OCH3 is 1.